The summed E-state index contributed by atoms with van der Waals surface area (Å²) in [5.74, 6) is 0. The van der Waals surface area contributed by atoms with E-state index in [0.29, 0.717) is 65.9 Å². The normalized spacial score (nSPS) is 26.1. The number of β-amino-alcohol motifs (C(OH)–C–C–N with tert-alkyl or cyclic N) is 2. The number of morpholine rings is 2. The molecule has 33 heavy (non-hydrogen) atoms. The predicted octanol–water partition coefficient (Wildman–Crippen LogP) is -0.782. The van der Waals surface area contributed by atoms with Gasteiger partial charge in [-0.3, -0.25) is 9.80 Å². The molecular formula is C23H44N2O8. The zero-order valence-electron chi connectivity index (χ0n) is 20.2. The van der Waals surface area contributed by atoms with E-state index in [9.17, 15) is 10.2 Å². The molecule has 3 fully saturated rings. The van der Waals surface area contributed by atoms with E-state index in [1.54, 1.807) is 0 Å². The van der Waals surface area contributed by atoms with Crippen molar-refractivity contribution in [2.75, 3.05) is 112 Å². The Morgan fingerprint density at radius 2 is 1.27 bits per heavy atom. The molecule has 2 N–H and O–H groups in total. The molecule has 0 radical (unpaired) electrons. The van der Waals surface area contributed by atoms with E-state index in [1.807, 2.05) is 0 Å². The summed E-state index contributed by atoms with van der Waals surface area (Å²) in [6, 6.07) is 0. The number of epoxide rings is 1. The second-order valence-corrected chi connectivity index (χ2v) is 9.49. The van der Waals surface area contributed by atoms with Crippen LogP contribution in [0.2, 0.25) is 0 Å². The molecule has 0 bridgehead atoms. The summed E-state index contributed by atoms with van der Waals surface area (Å²) < 4.78 is 33.8. The minimum Gasteiger partial charge on any atom is -0.389 e. The van der Waals surface area contributed by atoms with Crippen LogP contribution in [0.25, 0.3) is 0 Å². The Morgan fingerprint density at radius 3 is 1.70 bits per heavy atom. The fraction of sp³-hybridized carbons (Fsp3) is 1.00. The van der Waals surface area contributed by atoms with Crippen LogP contribution in [0, 0.1) is 5.41 Å². The van der Waals surface area contributed by atoms with Crippen molar-refractivity contribution < 1.29 is 38.6 Å². The quantitative estimate of drug-likeness (QED) is 0.260. The van der Waals surface area contributed by atoms with Gasteiger partial charge in [-0.05, 0) is 6.42 Å². The van der Waals surface area contributed by atoms with E-state index in [2.05, 4.69) is 16.7 Å². The van der Waals surface area contributed by atoms with Crippen LogP contribution in [0.5, 0.6) is 0 Å². The first kappa shape index (κ1) is 27.2. The molecule has 3 aliphatic rings. The molecule has 0 aromatic heterocycles. The van der Waals surface area contributed by atoms with Gasteiger partial charge in [0.2, 0.25) is 0 Å². The second kappa shape index (κ2) is 14.9. The molecule has 0 spiro atoms. The molecule has 194 valence electrons. The number of ether oxygens (including phenoxy) is 6. The summed E-state index contributed by atoms with van der Waals surface area (Å²) in [7, 11) is 0. The Balaban J connectivity index is 1.39. The van der Waals surface area contributed by atoms with Crippen molar-refractivity contribution in [2.45, 2.75) is 31.7 Å². The Bertz CT molecular complexity index is 481. The molecule has 0 aromatic carbocycles. The van der Waals surface area contributed by atoms with Crippen LogP contribution in [0.3, 0.4) is 0 Å². The molecule has 0 saturated carbocycles. The van der Waals surface area contributed by atoms with Crippen molar-refractivity contribution in [3.8, 4) is 0 Å². The van der Waals surface area contributed by atoms with Crippen molar-refractivity contribution in [1.29, 1.82) is 0 Å². The number of aliphatic hydroxyl groups is 2. The summed E-state index contributed by atoms with van der Waals surface area (Å²) in [6.07, 6.45) is -0.0889. The number of aliphatic hydroxyl groups excluding tert-OH is 2. The number of rotatable bonds is 17. The lowest BCUT2D eigenvalue weighted by molar-refractivity contribution is -0.0988. The molecule has 3 atom stereocenters. The van der Waals surface area contributed by atoms with Crippen LogP contribution in [0.1, 0.15) is 13.3 Å². The van der Waals surface area contributed by atoms with Crippen molar-refractivity contribution in [2.24, 2.45) is 5.41 Å². The van der Waals surface area contributed by atoms with Gasteiger partial charge in [-0.15, -0.1) is 0 Å². The molecule has 3 rings (SSSR count). The average Bonchev–Trinajstić information content (AvgIpc) is 3.64. The zero-order chi connectivity index (χ0) is 23.4. The van der Waals surface area contributed by atoms with E-state index in [0.717, 1.165) is 39.2 Å². The highest BCUT2D eigenvalue weighted by molar-refractivity contribution is 4.80. The molecular weight excluding hydrogens is 432 g/mol. The molecule has 3 unspecified atom stereocenters. The molecule has 10 heteroatoms. The highest BCUT2D eigenvalue weighted by Crippen LogP contribution is 2.25. The van der Waals surface area contributed by atoms with Crippen molar-refractivity contribution in [3.05, 3.63) is 0 Å². The summed E-state index contributed by atoms with van der Waals surface area (Å²) in [5.41, 5.74) is -0.341. The van der Waals surface area contributed by atoms with Gasteiger partial charge in [-0.25, -0.2) is 0 Å². The fourth-order valence-electron chi connectivity index (χ4n) is 4.09. The monoisotopic (exact) mass is 476 g/mol. The Labute approximate surface area is 198 Å². The molecule has 3 aliphatic heterocycles. The van der Waals surface area contributed by atoms with Gasteiger partial charge >= 0.3 is 0 Å². The van der Waals surface area contributed by atoms with E-state index in [1.165, 1.54) is 0 Å². The maximum absolute atomic E-state index is 10.4. The van der Waals surface area contributed by atoms with E-state index in [-0.39, 0.29) is 24.7 Å². The first-order chi connectivity index (χ1) is 16.1. The highest BCUT2D eigenvalue weighted by atomic mass is 16.6. The van der Waals surface area contributed by atoms with Gasteiger partial charge in [-0.1, -0.05) is 6.92 Å². The predicted molar refractivity (Wildman–Crippen MR) is 121 cm³/mol. The molecule has 3 heterocycles. The van der Waals surface area contributed by atoms with Crippen LogP contribution in [0.15, 0.2) is 0 Å². The standard InChI is InChI=1S/C23H44N2O8/c1-2-23(19-32-15-22-16-33-22,17-30-13-20(26)11-24-3-7-28-8-4-24)18-31-14-21(27)12-25-5-9-29-10-6-25/h20-22,26-27H,2-19H2,1H3. The van der Waals surface area contributed by atoms with E-state index >= 15 is 0 Å². The third-order valence-electron chi connectivity index (χ3n) is 6.45. The van der Waals surface area contributed by atoms with Gasteiger partial charge in [0.25, 0.3) is 0 Å². The number of hydrogen-bond acceptors (Lipinski definition) is 10. The van der Waals surface area contributed by atoms with Gasteiger partial charge in [0.1, 0.15) is 6.10 Å². The lowest BCUT2D eigenvalue weighted by Gasteiger charge is -2.34. The summed E-state index contributed by atoms with van der Waals surface area (Å²) in [5, 5.41) is 20.8. The SMILES string of the molecule is CCC(COCC(O)CN1CCOCC1)(COCC(O)CN1CCOCC1)COCC1CO1. The first-order valence-electron chi connectivity index (χ1n) is 12.4. The smallest absolute Gasteiger partial charge is 0.104 e. The Hall–Kier alpha value is -0.400. The van der Waals surface area contributed by atoms with Gasteiger partial charge in [-0.2, -0.15) is 0 Å². The van der Waals surface area contributed by atoms with Crippen LogP contribution in [0.4, 0.5) is 0 Å². The third kappa shape index (κ3) is 10.8. The lowest BCUT2D eigenvalue weighted by atomic mass is 9.88. The van der Waals surface area contributed by atoms with Gasteiger partial charge in [0.15, 0.2) is 0 Å². The molecule has 10 nitrogen and oxygen atoms in total. The van der Waals surface area contributed by atoms with Gasteiger partial charge < -0.3 is 38.6 Å². The molecule has 3 saturated heterocycles. The largest absolute Gasteiger partial charge is 0.389 e. The molecule has 0 aliphatic carbocycles. The van der Waals surface area contributed by atoms with Crippen LogP contribution < -0.4 is 0 Å². The highest BCUT2D eigenvalue weighted by Gasteiger charge is 2.32. The summed E-state index contributed by atoms with van der Waals surface area (Å²) >= 11 is 0. The Kier molecular flexibility index (Phi) is 12.3. The average molecular weight is 477 g/mol. The molecule has 0 aromatic rings. The van der Waals surface area contributed by atoms with Crippen LogP contribution >= 0.6 is 0 Å². The minimum atomic E-state index is -0.547. The maximum Gasteiger partial charge on any atom is 0.104 e. The van der Waals surface area contributed by atoms with E-state index in [4.69, 9.17) is 28.4 Å². The summed E-state index contributed by atoms with van der Waals surface area (Å²) in [6.45, 7) is 12.7. The fourth-order valence-corrected chi connectivity index (χ4v) is 4.09. The van der Waals surface area contributed by atoms with E-state index < -0.39 is 12.2 Å². The third-order valence-corrected chi connectivity index (χ3v) is 6.45. The van der Waals surface area contributed by atoms with Crippen LogP contribution in [-0.4, -0.2) is 150 Å². The number of hydrogen-bond donors (Lipinski definition) is 2. The first-order valence-corrected chi connectivity index (χ1v) is 12.4. The maximum atomic E-state index is 10.4. The second-order valence-electron chi connectivity index (χ2n) is 9.49. The lowest BCUT2D eigenvalue weighted by Crippen LogP contribution is -2.44. The zero-order valence-corrected chi connectivity index (χ0v) is 20.2. The van der Waals surface area contributed by atoms with Gasteiger partial charge in [0, 0.05) is 44.7 Å². The minimum absolute atomic E-state index is 0.201. The van der Waals surface area contributed by atoms with Crippen molar-refractivity contribution >= 4 is 0 Å². The topological polar surface area (TPSA) is 106 Å². The van der Waals surface area contributed by atoms with Crippen molar-refractivity contribution in [3.63, 3.8) is 0 Å². The Morgan fingerprint density at radius 1 is 0.818 bits per heavy atom. The number of nitrogens with zero attached hydrogens (tertiary/aromatic N) is 2. The molecule has 0 amide bonds. The van der Waals surface area contributed by atoms with Crippen molar-refractivity contribution in [1.82, 2.24) is 9.80 Å². The van der Waals surface area contributed by atoms with Gasteiger partial charge in [0.05, 0.1) is 84.9 Å². The van der Waals surface area contributed by atoms with Crippen LogP contribution in [-0.2, 0) is 28.4 Å². The summed E-state index contributed by atoms with van der Waals surface area (Å²) in [4.78, 5) is 4.39.